The molecule has 0 aromatic heterocycles. The highest BCUT2D eigenvalue weighted by atomic mass is 16.6. The number of non-ortho nitro benzene ring substituents is 1. The van der Waals surface area contributed by atoms with Gasteiger partial charge in [-0.15, -0.1) is 0 Å². The summed E-state index contributed by atoms with van der Waals surface area (Å²) in [6.45, 7) is 1.80. The van der Waals surface area contributed by atoms with E-state index in [-0.39, 0.29) is 18.1 Å². The molecule has 0 bridgehead atoms. The number of aliphatic carboxylic acids is 1. The highest BCUT2D eigenvalue weighted by molar-refractivity contribution is 5.94. The molecule has 0 spiro atoms. The van der Waals surface area contributed by atoms with Gasteiger partial charge in [-0.05, 0) is 18.6 Å². The quantitative estimate of drug-likeness (QED) is 0.598. The average molecular weight is 266 g/mol. The van der Waals surface area contributed by atoms with Crippen molar-refractivity contribution in [3.05, 3.63) is 39.9 Å². The molecule has 0 aliphatic rings. The van der Waals surface area contributed by atoms with Crippen LogP contribution in [0, 0.1) is 16.0 Å². The van der Waals surface area contributed by atoms with Crippen LogP contribution in [0.2, 0.25) is 0 Å². The molecule has 0 saturated carbocycles. The normalized spacial score (nSPS) is 11.6. The number of benzene rings is 1. The molecule has 0 aliphatic heterocycles. The van der Waals surface area contributed by atoms with Crippen LogP contribution in [-0.2, 0) is 4.79 Å². The molecule has 1 aromatic carbocycles. The molecule has 102 valence electrons. The summed E-state index contributed by atoms with van der Waals surface area (Å²) >= 11 is 0. The summed E-state index contributed by atoms with van der Waals surface area (Å²) in [7, 11) is 0. The lowest BCUT2D eigenvalue weighted by molar-refractivity contribution is -0.384. The summed E-state index contributed by atoms with van der Waals surface area (Å²) in [5, 5.41) is 21.7. The summed E-state index contributed by atoms with van der Waals surface area (Å²) in [6, 6.07) is 5.20. The summed E-state index contributed by atoms with van der Waals surface area (Å²) in [6.07, 6.45) is 0.327. The molecule has 0 heterocycles. The number of nitro groups is 1. The Morgan fingerprint density at radius 3 is 2.42 bits per heavy atom. The second-order valence-electron chi connectivity index (χ2n) is 4.09. The maximum absolute atomic E-state index is 11.6. The molecule has 0 saturated heterocycles. The molecule has 0 fully saturated rings. The zero-order valence-corrected chi connectivity index (χ0v) is 10.3. The number of carbonyl (C=O) groups is 2. The third-order valence-electron chi connectivity index (χ3n) is 2.62. The predicted molar refractivity (Wildman–Crippen MR) is 66.8 cm³/mol. The zero-order valence-electron chi connectivity index (χ0n) is 10.3. The smallest absolute Gasteiger partial charge is 0.306 e. The van der Waals surface area contributed by atoms with E-state index < -0.39 is 16.8 Å². The maximum Gasteiger partial charge on any atom is 0.306 e. The van der Waals surface area contributed by atoms with Crippen molar-refractivity contribution in [1.29, 1.82) is 0 Å². The largest absolute Gasteiger partial charge is 0.481 e. The van der Waals surface area contributed by atoms with Crippen molar-refractivity contribution in [2.24, 2.45) is 5.92 Å². The van der Waals surface area contributed by atoms with Crippen LogP contribution in [0.15, 0.2) is 24.3 Å². The number of carboxylic acids is 1. The van der Waals surface area contributed by atoms with Gasteiger partial charge in [-0.25, -0.2) is 0 Å². The lowest BCUT2D eigenvalue weighted by Gasteiger charge is -2.07. The molecule has 19 heavy (non-hydrogen) atoms. The van der Waals surface area contributed by atoms with Gasteiger partial charge in [0.2, 0.25) is 0 Å². The summed E-state index contributed by atoms with van der Waals surface area (Å²) in [4.78, 5) is 32.1. The molecule has 2 N–H and O–H groups in total. The highest BCUT2D eigenvalue weighted by Gasteiger charge is 2.12. The fourth-order valence-corrected chi connectivity index (χ4v) is 1.36. The van der Waals surface area contributed by atoms with Crippen LogP contribution in [-0.4, -0.2) is 28.5 Å². The van der Waals surface area contributed by atoms with Gasteiger partial charge in [-0.1, -0.05) is 6.92 Å². The van der Waals surface area contributed by atoms with Gasteiger partial charge in [0, 0.05) is 24.2 Å². The fourth-order valence-electron chi connectivity index (χ4n) is 1.36. The van der Waals surface area contributed by atoms with Crippen molar-refractivity contribution >= 4 is 17.6 Å². The van der Waals surface area contributed by atoms with E-state index in [4.69, 9.17) is 5.11 Å². The third-order valence-corrected chi connectivity index (χ3v) is 2.62. The molecule has 0 radical (unpaired) electrons. The van der Waals surface area contributed by atoms with Crippen LogP contribution in [0.3, 0.4) is 0 Å². The van der Waals surface area contributed by atoms with Crippen LogP contribution in [0.25, 0.3) is 0 Å². The number of amides is 1. The van der Waals surface area contributed by atoms with E-state index in [0.29, 0.717) is 12.0 Å². The zero-order chi connectivity index (χ0) is 14.4. The number of carbonyl (C=O) groups excluding carboxylic acids is 1. The fraction of sp³-hybridized carbons (Fsp3) is 0.333. The Morgan fingerprint density at radius 1 is 1.37 bits per heavy atom. The van der Waals surface area contributed by atoms with E-state index >= 15 is 0 Å². The first kappa shape index (κ1) is 14.6. The van der Waals surface area contributed by atoms with Gasteiger partial charge in [0.25, 0.3) is 11.6 Å². The van der Waals surface area contributed by atoms with E-state index in [1.54, 1.807) is 6.92 Å². The monoisotopic (exact) mass is 266 g/mol. The molecule has 1 unspecified atom stereocenters. The van der Waals surface area contributed by atoms with E-state index in [0.717, 1.165) is 0 Å². The van der Waals surface area contributed by atoms with Crippen LogP contribution in [0.5, 0.6) is 0 Å². The van der Waals surface area contributed by atoms with Crippen LogP contribution < -0.4 is 5.32 Å². The Labute approximate surface area is 109 Å². The molecule has 7 nitrogen and oxygen atoms in total. The van der Waals surface area contributed by atoms with Gasteiger partial charge < -0.3 is 10.4 Å². The van der Waals surface area contributed by atoms with E-state index in [1.165, 1.54) is 24.3 Å². The van der Waals surface area contributed by atoms with Crippen molar-refractivity contribution in [3.63, 3.8) is 0 Å². The third kappa shape index (κ3) is 4.38. The Morgan fingerprint density at radius 2 is 1.95 bits per heavy atom. The number of rotatable bonds is 6. The standard InChI is InChI=1S/C12H14N2O5/c1-8(12(16)17)6-7-13-11(15)9-2-4-10(5-3-9)14(18)19/h2-5,8H,6-7H2,1H3,(H,13,15)(H,16,17). The van der Waals surface area contributed by atoms with E-state index in [1.807, 2.05) is 0 Å². The van der Waals surface area contributed by atoms with Gasteiger partial charge in [-0.2, -0.15) is 0 Å². The number of hydrogen-bond donors (Lipinski definition) is 2. The van der Waals surface area contributed by atoms with Gasteiger partial charge in [0.05, 0.1) is 10.8 Å². The molecule has 1 atom stereocenters. The first-order valence-corrected chi connectivity index (χ1v) is 5.67. The molecular weight excluding hydrogens is 252 g/mol. The number of hydrogen-bond acceptors (Lipinski definition) is 4. The molecule has 1 amide bonds. The van der Waals surface area contributed by atoms with Gasteiger partial charge in [0.1, 0.15) is 0 Å². The minimum atomic E-state index is -0.912. The number of carboxylic acid groups (broad SMARTS) is 1. The first-order valence-electron chi connectivity index (χ1n) is 5.67. The second kappa shape index (κ2) is 6.48. The summed E-state index contributed by atoms with van der Waals surface area (Å²) in [5.41, 5.74) is 0.213. The highest BCUT2D eigenvalue weighted by Crippen LogP contribution is 2.11. The molecular formula is C12H14N2O5. The second-order valence-corrected chi connectivity index (χ2v) is 4.09. The van der Waals surface area contributed by atoms with Crippen LogP contribution in [0.4, 0.5) is 5.69 Å². The molecule has 7 heteroatoms. The maximum atomic E-state index is 11.6. The molecule has 1 rings (SSSR count). The van der Waals surface area contributed by atoms with Crippen molar-refractivity contribution in [2.45, 2.75) is 13.3 Å². The Balaban J connectivity index is 2.50. The van der Waals surface area contributed by atoms with E-state index in [2.05, 4.69) is 5.32 Å². The summed E-state index contributed by atoms with van der Waals surface area (Å²) in [5.74, 6) is -1.82. The minimum Gasteiger partial charge on any atom is -0.481 e. The Hall–Kier alpha value is -2.44. The number of nitrogens with one attached hydrogen (secondary N) is 1. The van der Waals surface area contributed by atoms with Crippen LogP contribution in [0.1, 0.15) is 23.7 Å². The van der Waals surface area contributed by atoms with Crippen LogP contribution >= 0.6 is 0 Å². The molecule has 1 aromatic rings. The Kier molecular flexibility index (Phi) is 4.99. The molecule has 0 aliphatic carbocycles. The Bertz CT molecular complexity index is 483. The van der Waals surface area contributed by atoms with E-state index in [9.17, 15) is 19.7 Å². The lowest BCUT2D eigenvalue weighted by Crippen LogP contribution is -2.26. The minimum absolute atomic E-state index is 0.0870. The average Bonchev–Trinajstić information content (AvgIpc) is 2.38. The van der Waals surface area contributed by atoms with Crippen molar-refractivity contribution < 1.29 is 19.6 Å². The summed E-state index contributed by atoms with van der Waals surface area (Å²) < 4.78 is 0. The van der Waals surface area contributed by atoms with Gasteiger partial charge in [-0.3, -0.25) is 19.7 Å². The van der Waals surface area contributed by atoms with Crippen molar-refractivity contribution in [3.8, 4) is 0 Å². The van der Waals surface area contributed by atoms with Crippen molar-refractivity contribution in [2.75, 3.05) is 6.54 Å². The first-order chi connectivity index (χ1) is 8.91. The number of nitro benzene ring substituents is 1. The van der Waals surface area contributed by atoms with Gasteiger partial charge in [0.15, 0.2) is 0 Å². The SMILES string of the molecule is CC(CCNC(=O)c1ccc([N+](=O)[O-])cc1)C(=O)O. The van der Waals surface area contributed by atoms with Gasteiger partial charge >= 0.3 is 5.97 Å². The number of nitrogens with zero attached hydrogens (tertiary/aromatic N) is 1. The lowest BCUT2D eigenvalue weighted by atomic mass is 10.1. The topological polar surface area (TPSA) is 110 Å². The predicted octanol–water partition coefficient (Wildman–Crippen LogP) is 1.44. The van der Waals surface area contributed by atoms with Crippen molar-refractivity contribution in [1.82, 2.24) is 5.32 Å².